The lowest BCUT2D eigenvalue weighted by atomic mass is 9.95. The third-order valence-electron chi connectivity index (χ3n) is 5.85. The highest BCUT2D eigenvalue weighted by atomic mass is 32.2. The second-order valence-corrected chi connectivity index (χ2v) is 10.1. The molecule has 32 heavy (non-hydrogen) atoms. The molecule has 0 bridgehead atoms. The first kappa shape index (κ1) is 23.9. The fourth-order valence-electron chi connectivity index (χ4n) is 3.88. The predicted molar refractivity (Wildman–Crippen MR) is 125 cm³/mol. The minimum absolute atomic E-state index is 0.0680. The lowest BCUT2D eigenvalue weighted by molar-refractivity contribution is -0.116. The Morgan fingerprint density at radius 2 is 1.69 bits per heavy atom. The summed E-state index contributed by atoms with van der Waals surface area (Å²) in [6.07, 6.45) is 6.39. The maximum Gasteiger partial charge on any atom is 0.251 e. The molecule has 0 atom stereocenters. The highest BCUT2D eigenvalue weighted by Crippen LogP contribution is 2.20. The summed E-state index contributed by atoms with van der Waals surface area (Å²) >= 11 is 0. The second kappa shape index (κ2) is 10.7. The van der Waals surface area contributed by atoms with Crippen LogP contribution in [0.5, 0.6) is 0 Å². The van der Waals surface area contributed by atoms with Gasteiger partial charge in [-0.25, -0.2) is 13.1 Å². The molecule has 1 aliphatic carbocycles. The van der Waals surface area contributed by atoms with Gasteiger partial charge in [0.05, 0.1) is 4.90 Å². The van der Waals surface area contributed by atoms with Crippen LogP contribution < -0.4 is 15.4 Å². The highest BCUT2D eigenvalue weighted by molar-refractivity contribution is 7.89. The fraction of sp³-hybridized carbons (Fsp3) is 0.417. The lowest BCUT2D eigenvalue weighted by Gasteiger charge is -2.23. The smallest absolute Gasteiger partial charge is 0.251 e. The molecule has 3 N–H and O–H groups in total. The van der Waals surface area contributed by atoms with Crippen molar-refractivity contribution in [3.05, 3.63) is 59.2 Å². The Morgan fingerprint density at radius 1 is 1.00 bits per heavy atom. The van der Waals surface area contributed by atoms with E-state index in [0.717, 1.165) is 36.8 Å². The van der Waals surface area contributed by atoms with Crippen molar-refractivity contribution < 1.29 is 18.0 Å². The Bertz CT molecular complexity index is 1060. The van der Waals surface area contributed by atoms with Crippen LogP contribution in [-0.4, -0.2) is 33.3 Å². The molecule has 7 nitrogen and oxygen atoms in total. The fourth-order valence-corrected chi connectivity index (χ4v) is 4.61. The van der Waals surface area contributed by atoms with E-state index >= 15 is 0 Å². The average Bonchev–Trinajstić information content (AvgIpc) is 2.80. The molecule has 2 amide bonds. The van der Waals surface area contributed by atoms with Crippen molar-refractivity contribution in [3.63, 3.8) is 0 Å². The van der Waals surface area contributed by atoms with E-state index in [0.29, 0.717) is 17.7 Å². The third-order valence-corrected chi connectivity index (χ3v) is 7.28. The van der Waals surface area contributed by atoms with Gasteiger partial charge in [-0.05, 0) is 74.7 Å². The van der Waals surface area contributed by atoms with Gasteiger partial charge in [-0.15, -0.1) is 0 Å². The van der Waals surface area contributed by atoms with Crippen LogP contribution >= 0.6 is 0 Å². The van der Waals surface area contributed by atoms with Crippen LogP contribution in [0, 0.1) is 6.92 Å². The van der Waals surface area contributed by atoms with Crippen LogP contribution in [0.2, 0.25) is 0 Å². The van der Waals surface area contributed by atoms with Crippen molar-refractivity contribution >= 4 is 27.5 Å². The molecule has 172 valence electrons. The van der Waals surface area contributed by atoms with E-state index in [9.17, 15) is 18.0 Å². The van der Waals surface area contributed by atoms with Crippen LogP contribution in [0.25, 0.3) is 0 Å². The van der Waals surface area contributed by atoms with Crippen molar-refractivity contribution in [1.82, 2.24) is 10.0 Å². The SMILES string of the molecule is CNS(=O)(=O)c1ccc(CCC(=O)Nc2ccc(C(=O)NC3CCCCC3)cc2C)cc1. The normalized spacial score (nSPS) is 14.7. The van der Waals surface area contributed by atoms with Crippen LogP contribution in [0.15, 0.2) is 47.4 Å². The zero-order chi connectivity index (χ0) is 23.1. The standard InChI is InChI=1S/C24H31N3O4S/c1-17-16-19(24(29)26-20-6-4-3-5-7-20)11-14-22(17)27-23(28)15-10-18-8-12-21(13-9-18)32(30,31)25-2/h8-9,11-14,16,20,25H,3-7,10,15H2,1-2H3,(H,26,29)(H,27,28). The van der Waals surface area contributed by atoms with Gasteiger partial charge >= 0.3 is 0 Å². The molecule has 3 rings (SSSR count). The Kier molecular flexibility index (Phi) is 8.04. The van der Waals surface area contributed by atoms with Gasteiger partial charge in [0.2, 0.25) is 15.9 Å². The van der Waals surface area contributed by atoms with Crippen molar-refractivity contribution in [1.29, 1.82) is 0 Å². The van der Waals surface area contributed by atoms with Crippen LogP contribution in [0.3, 0.4) is 0 Å². The van der Waals surface area contributed by atoms with E-state index in [2.05, 4.69) is 15.4 Å². The molecule has 1 aliphatic rings. The maximum absolute atomic E-state index is 12.5. The summed E-state index contributed by atoms with van der Waals surface area (Å²) in [7, 11) is -2.10. The maximum atomic E-state index is 12.5. The number of sulfonamides is 1. The topological polar surface area (TPSA) is 104 Å². The molecule has 0 aromatic heterocycles. The van der Waals surface area contributed by atoms with E-state index in [4.69, 9.17) is 0 Å². The number of carbonyl (C=O) groups is 2. The summed E-state index contributed by atoms with van der Waals surface area (Å²) in [5.41, 5.74) is 2.99. The van der Waals surface area contributed by atoms with Crippen LogP contribution in [0.4, 0.5) is 5.69 Å². The number of aryl methyl sites for hydroxylation is 2. The molecular weight excluding hydrogens is 426 g/mol. The first-order valence-corrected chi connectivity index (χ1v) is 12.5. The number of nitrogens with one attached hydrogen (secondary N) is 3. The van der Waals surface area contributed by atoms with Gasteiger partial charge in [0, 0.05) is 23.7 Å². The van der Waals surface area contributed by atoms with E-state index < -0.39 is 10.0 Å². The van der Waals surface area contributed by atoms with E-state index in [1.54, 1.807) is 30.3 Å². The van der Waals surface area contributed by atoms with Crippen molar-refractivity contribution in [2.75, 3.05) is 12.4 Å². The van der Waals surface area contributed by atoms with Crippen LogP contribution in [0.1, 0.15) is 60.0 Å². The average molecular weight is 458 g/mol. The first-order chi connectivity index (χ1) is 15.3. The van der Waals surface area contributed by atoms with Crippen molar-refractivity contribution in [2.45, 2.75) is 62.8 Å². The van der Waals surface area contributed by atoms with Gasteiger partial charge in [0.15, 0.2) is 0 Å². The molecule has 2 aromatic rings. The van der Waals surface area contributed by atoms with Crippen molar-refractivity contribution in [2.24, 2.45) is 0 Å². The molecule has 2 aromatic carbocycles. The van der Waals surface area contributed by atoms with Gasteiger partial charge in [0.25, 0.3) is 5.91 Å². The zero-order valence-corrected chi connectivity index (χ0v) is 19.4. The Hall–Kier alpha value is -2.71. The number of benzene rings is 2. The summed E-state index contributed by atoms with van der Waals surface area (Å²) in [6.45, 7) is 1.87. The lowest BCUT2D eigenvalue weighted by Crippen LogP contribution is -2.36. The van der Waals surface area contributed by atoms with E-state index in [1.165, 1.54) is 25.6 Å². The molecule has 0 spiro atoms. The van der Waals surface area contributed by atoms with Gasteiger partial charge in [0.1, 0.15) is 0 Å². The zero-order valence-electron chi connectivity index (χ0n) is 18.6. The van der Waals surface area contributed by atoms with E-state index in [1.807, 2.05) is 6.92 Å². The third kappa shape index (κ3) is 6.40. The highest BCUT2D eigenvalue weighted by Gasteiger charge is 2.17. The van der Waals surface area contributed by atoms with Gasteiger partial charge in [-0.2, -0.15) is 0 Å². The van der Waals surface area contributed by atoms with Gasteiger partial charge < -0.3 is 10.6 Å². The van der Waals surface area contributed by atoms with Gasteiger partial charge in [-0.3, -0.25) is 9.59 Å². The van der Waals surface area contributed by atoms with Crippen LogP contribution in [-0.2, 0) is 21.2 Å². The first-order valence-electron chi connectivity index (χ1n) is 11.0. The summed E-state index contributed by atoms with van der Waals surface area (Å²) in [6, 6.07) is 12.0. The summed E-state index contributed by atoms with van der Waals surface area (Å²) in [4.78, 5) is 25.1. The molecule has 0 heterocycles. The molecule has 8 heteroatoms. The number of hydrogen-bond acceptors (Lipinski definition) is 4. The predicted octanol–water partition coefficient (Wildman–Crippen LogP) is 3.54. The quantitative estimate of drug-likeness (QED) is 0.564. The number of rotatable bonds is 8. The Balaban J connectivity index is 1.53. The summed E-state index contributed by atoms with van der Waals surface area (Å²) < 4.78 is 25.8. The number of anilines is 1. The Labute approximate surface area is 190 Å². The second-order valence-electron chi connectivity index (χ2n) is 8.24. The van der Waals surface area contributed by atoms with Crippen molar-refractivity contribution in [3.8, 4) is 0 Å². The largest absolute Gasteiger partial charge is 0.349 e. The molecule has 1 saturated carbocycles. The molecule has 0 radical (unpaired) electrons. The minimum Gasteiger partial charge on any atom is -0.349 e. The number of amides is 2. The number of carbonyl (C=O) groups excluding carboxylic acids is 2. The van der Waals surface area contributed by atoms with E-state index in [-0.39, 0.29) is 29.2 Å². The molecule has 0 unspecified atom stereocenters. The monoisotopic (exact) mass is 457 g/mol. The Morgan fingerprint density at radius 3 is 2.31 bits per heavy atom. The minimum atomic E-state index is -3.47. The molecular formula is C24H31N3O4S. The number of hydrogen-bond donors (Lipinski definition) is 3. The van der Waals surface area contributed by atoms with Gasteiger partial charge in [-0.1, -0.05) is 31.4 Å². The summed E-state index contributed by atoms with van der Waals surface area (Å²) in [5, 5.41) is 6.01. The summed E-state index contributed by atoms with van der Waals surface area (Å²) in [5.74, 6) is -0.207. The molecule has 0 aliphatic heterocycles. The molecule has 0 saturated heterocycles. The molecule has 1 fully saturated rings.